The van der Waals surface area contributed by atoms with E-state index >= 15 is 0 Å². The van der Waals surface area contributed by atoms with Crippen LogP contribution in [-0.4, -0.2) is 11.7 Å². The summed E-state index contributed by atoms with van der Waals surface area (Å²) in [6, 6.07) is 13.0. The topological polar surface area (TPSA) is 98.3 Å². The van der Waals surface area contributed by atoms with E-state index in [-0.39, 0.29) is 6.61 Å². The average molecular weight is 259 g/mol. The number of anilines is 3. The zero-order valence-corrected chi connectivity index (χ0v) is 11.1. The third kappa shape index (κ3) is 5.31. The molecule has 4 heteroatoms. The number of aliphatic hydroxyl groups is 1. The van der Waals surface area contributed by atoms with E-state index in [4.69, 9.17) is 22.3 Å². The molecule has 0 unspecified atom stereocenters. The van der Waals surface area contributed by atoms with Gasteiger partial charge in [0.2, 0.25) is 0 Å². The first-order chi connectivity index (χ1) is 9.02. The highest BCUT2D eigenvalue weighted by Crippen LogP contribution is 2.12. The Kier molecular flexibility index (Phi) is 5.70. The summed E-state index contributed by atoms with van der Waals surface area (Å²) in [4.78, 5) is 0. The maximum absolute atomic E-state index is 8.57. The normalized spacial score (nSPS) is 9.58. The fourth-order valence-corrected chi connectivity index (χ4v) is 1.58. The highest BCUT2D eigenvalue weighted by molar-refractivity contribution is 5.54. The van der Waals surface area contributed by atoms with Gasteiger partial charge in [-0.1, -0.05) is 12.1 Å². The quantitative estimate of drug-likeness (QED) is 0.620. The van der Waals surface area contributed by atoms with Crippen molar-refractivity contribution in [1.82, 2.24) is 0 Å². The first-order valence-corrected chi connectivity index (χ1v) is 6.10. The van der Waals surface area contributed by atoms with Crippen molar-refractivity contribution in [2.24, 2.45) is 0 Å². The van der Waals surface area contributed by atoms with E-state index in [2.05, 4.69) is 0 Å². The second-order valence-electron chi connectivity index (χ2n) is 4.33. The minimum absolute atomic E-state index is 0.184. The maximum Gasteiger partial charge on any atom is 0.0471 e. The van der Waals surface area contributed by atoms with Crippen molar-refractivity contribution in [2.45, 2.75) is 13.3 Å². The molecule has 0 aromatic heterocycles. The van der Waals surface area contributed by atoms with Crippen LogP contribution in [-0.2, 0) is 6.42 Å². The number of rotatable bonds is 2. The Morgan fingerprint density at radius 3 is 2.16 bits per heavy atom. The number of nitrogens with two attached hydrogens (primary N) is 3. The van der Waals surface area contributed by atoms with E-state index in [1.165, 1.54) is 0 Å². The fraction of sp³-hybridized carbons (Fsp3) is 0.200. The van der Waals surface area contributed by atoms with E-state index in [1.54, 1.807) is 6.07 Å². The molecule has 0 saturated carbocycles. The number of benzene rings is 2. The Labute approximate surface area is 113 Å². The summed E-state index contributed by atoms with van der Waals surface area (Å²) < 4.78 is 0. The smallest absolute Gasteiger partial charge is 0.0471 e. The van der Waals surface area contributed by atoms with Gasteiger partial charge in [0, 0.05) is 23.7 Å². The minimum Gasteiger partial charge on any atom is -0.399 e. The molecule has 7 N–H and O–H groups in total. The predicted molar refractivity (Wildman–Crippen MR) is 81.6 cm³/mol. The molecule has 2 aromatic carbocycles. The van der Waals surface area contributed by atoms with Gasteiger partial charge in [-0.3, -0.25) is 0 Å². The minimum atomic E-state index is 0.184. The number of hydrogen-bond donors (Lipinski definition) is 4. The van der Waals surface area contributed by atoms with Crippen molar-refractivity contribution in [2.75, 3.05) is 23.8 Å². The summed E-state index contributed by atoms with van der Waals surface area (Å²) in [7, 11) is 0. The summed E-state index contributed by atoms with van der Waals surface area (Å²) in [6.45, 7) is 2.12. The van der Waals surface area contributed by atoms with Gasteiger partial charge in [0.05, 0.1) is 0 Å². The van der Waals surface area contributed by atoms with E-state index in [0.717, 1.165) is 28.2 Å². The van der Waals surface area contributed by atoms with Gasteiger partial charge in [-0.15, -0.1) is 0 Å². The first-order valence-electron chi connectivity index (χ1n) is 6.10. The lowest BCUT2D eigenvalue weighted by atomic mass is 10.1. The molecule has 4 nitrogen and oxygen atoms in total. The van der Waals surface area contributed by atoms with Crippen LogP contribution in [0.5, 0.6) is 0 Å². The van der Waals surface area contributed by atoms with Crippen molar-refractivity contribution < 1.29 is 5.11 Å². The molecular formula is C15H21N3O. The molecule has 19 heavy (non-hydrogen) atoms. The fourth-order valence-electron chi connectivity index (χ4n) is 1.58. The molecule has 0 spiro atoms. The summed E-state index contributed by atoms with van der Waals surface area (Å²) in [5.41, 5.74) is 21.0. The Morgan fingerprint density at radius 2 is 1.63 bits per heavy atom. The van der Waals surface area contributed by atoms with Crippen molar-refractivity contribution in [3.63, 3.8) is 0 Å². The summed E-state index contributed by atoms with van der Waals surface area (Å²) >= 11 is 0. The molecule has 0 radical (unpaired) electrons. The van der Waals surface area contributed by atoms with Crippen LogP contribution < -0.4 is 17.2 Å². The molecule has 0 aliphatic rings. The van der Waals surface area contributed by atoms with Crippen LogP contribution in [0.2, 0.25) is 0 Å². The molecule has 2 aromatic rings. The van der Waals surface area contributed by atoms with Crippen molar-refractivity contribution in [3.05, 3.63) is 53.6 Å². The number of hydrogen-bond acceptors (Lipinski definition) is 4. The van der Waals surface area contributed by atoms with Crippen molar-refractivity contribution >= 4 is 17.1 Å². The Balaban J connectivity index is 0.000000191. The number of nitrogen functional groups attached to an aromatic ring is 3. The van der Waals surface area contributed by atoms with Crippen LogP contribution in [0.3, 0.4) is 0 Å². The molecule has 0 bridgehead atoms. The highest BCUT2D eigenvalue weighted by atomic mass is 16.2. The molecule has 0 heterocycles. The first kappa shape index (κ1) is 14.9. The van der Waals surface area contributed by atoms with Crippen LogP contribution in [0.1, 0.15) is 11.1 Å². The van der Waals surface area contributed by atoms with E-state index in [1.807, 2.05) is 43.3 Å². The molecule has 2 rings (SSSR count). The predicted octanol–water partition coefficient (Wildman–Crippen LogP) is 1.96. The standard InChI is InChI=1S/C8H11NO.C7H10N2/c9-8-3-1-2-7(6-8)4-5-10;1-5-4-6(8)2-3-7(5)9/h1-3,6,10H,4-5,9H2;2-4H,8-9H2,1H3. The van der Waals surface area contributed by atoms with E-state index in [0.29, 0.717) is 6.42 Å². The van der Waals surface area contributed by atoms with Crippen LogP contribution in [0.4, 0.5) is 17.1 Å². The van der Waals surface area contributed by atoms with Crippen LogP contribution in [0, 0.1) is 6.92 Å². The average Bonchev–Trinajstić information content (AvgIpc) is 2.36. The lowest BCUT2D eigenvalue weighted by molar-refractivity contribution is 0.299. The third-order valence-electron chi connectivity index (χ3n) is 2.65. The molecule has 0 atom stereocenters. The second-order valence-corrected chi connectivity index (χ2v) is 4.33. The van der Waals surface area contributed by atoms with Gasteiger partial charge in [-0.25, -0.2) is 0 Å². The molecule has 0 amide bonds. The van der Waals surface area contributed by atoms with Gasteiger partial charge in [0.25, 0.3) is 0 Å². The Hall–Kier alpha value is -2.20. The number of aliphatic hydroxyl groups excluding tert-OH is 1. The molecule has 102 valence electrons. The van der Waals surface area contributed by atoms with Crippen molar-refractivity contribution in [1.29, 1.82) is 0 Å². The second kappa shape index (κ2) is 7.28. The molecular weight excluding hydrogens is 238 g/mol. The van der Waals surface area contributed by atoms with Crippen molar-refractivity contribution in [3.8, 4) is 0 Å². The zero-order valence-electron chi connectivity index (χ0n) is 11.1. The summed E-state index contributed by atoms with van der Waals surface area (Å²) in [6.07, 6.45) is 0.686. The SMILES string of the molecule is Cc1cc(N)ccc1N.Nc1cccc(CCO)c1. The zero-order chi connectivity index (χ0) is 14.3. The van der Waals surface area contributed by atoms with E-state index < -0.39 is 0 Å². The maximum atomic E-state index is 8.57. The van der Waals surface area contributed by atoms with Crippen LogP contribution in [0.25, 0.3) is 0 Å². The van der Waals surface area contributed by atoms with Crippen LogP contribution >= 0.6 is 0 Å². The van der Waals surface area contributed by atoms with E-state index in [9.17, 15) is 0 Å². The Bertz CT molecular complexity index is 527. The molecule has 0 aliphatic heterocycles. The Morgan fingerprint density at radius 1 is 0.947 bits per heavy atom. The highest BCUT2D eigenvalue weighted by Gasteiger charge is 1.90. The molecule has 0 fully saturated rings. The third-order valence-corrected chi connectivity index (χ3v) is 2.65. The van der Waals surface area contributed by atoms with Gasteiger partial charge in [-0.2, -0.15) is 0 Å². The lowest BCUT2D eigenvalue weighted by Gasteiger charge is -1.98. The van der Waals surface area contributed by atoms with Crippen LogP contribution in [0.15, 0.2) is 42.5 Å². The monoisotopic (exact) mass is 259 g/mol. The van der Waals surface area contributed by atoms with Gasteiger partial charge >= 0.3 is 0 Å². The molecule has 0 saturated heterocycles. The summed E-state index contributed by atoms with van der Waals surface area (Å²) in [5, 5.41) is 8.57. The van der Waals surface area contributed by atoms with Gasteiger partial charge in [0.15, 0.2) is 0 Å². The van der Waals surface area contributed by atoms with Gasteiger partial charge in [0.1, 0.15) is 0 Å². The molecule has 0 aliphatic carbocycles. The lowest BCUT2D eigenvalue weighted by Crippen LogP contribution is -1.91. The van der Waals surface area contributed by atoms with Gasteiger partial charge in [-0.05, 0) is 54.8 Å². The largest absolute Gasteiger partial charge is 0.399 e. The number of aryl methyl sites for hydroxylation is 1. The van der Waals surface area contributed by atoms with Gasteiger partial charge < -0.3 is 22.3 Å². The summed E-state index contributed by atoms with van der Waals surface area (Å²) in [5.74, 6) is 0.